The molecule has 0 aliphatic heterocycles. The maximum absolute atomic E-state index is 14.2. The van der Waals surface area contributed by atoms with Crippen LogP contribution in [0.1, 0.15) is 54.1 Å². The molecule has 0 amide bonds. The first kappa shape index (κ1) is 23.7. The average molecular weight is 453 g/mol. The Morgan fingerprint density at radius 1 is 1.16 bits per heavy atom. The summed E-state index contributed by atoms with van der Waals surface area (Å²) in [6, 6.07) is 4.77. The van der Waals surface area contributed by atoms with Crippen molar-refractivity contribution in [3.63, 3.8) is 0 Å². The van der Waals surface area contributed by atoms with E-state index in [1.165, 1.54) is 18.2 Å². The molecule has 1 unspecified atom stereocenters. The molecule has 9 heteroatoms. The topological polar surface area (TPSA) is 75.6 Å². The van der Waals surface area contributed by atoms with Crippen LogP contribution < -0.4 is 5.32 Å². The molecule has 1 fully saturated rings. The number of methoxy groups -OCH3 is 1. The second kappa shape index (κ2) is 9.28. The highest BCUT2D eigenvalue weighted by Crippen LogP contribution is 2.42. The predicted octanol–water partition coefficient (Wildman–Crippen LogP) is 5.08. The number of carbonyl (C=O) groups is 2. The van der Waals surface area contributed by atoms with Gasteiger partial charge >= 0.3 is 12.1 Å². The zero-order valence-electron chi connectivity index (χ0n) is 17.3. The molecule has 0 saturated heterocycles. The number of hydrogen-bond donors (Lipinski definition) is 2. The van der Waals surface area contributed by atoms with Gasteiger partial charge in [-0.1, -0.05) is 37.5 Å². The number of rotatable bonds is 6. The molecule has 0 aromatic heterocycles. The Balaban J connectivity index is 2.12. The van der Waals surface area contributed by atoms with E-state index in [9.17, 15) is 32.3 Å². The van der Waals surface area contributed by atoms with E-state index >= 15 is 0 Å². The van der Waals surface area contributed by atoms with Crippen molar-refractivity contribution in [1.29, 1.82) is 0 Å². The fourth-order valence-corrected chi connectivity index (χ4v) is 4.24. The van der Waals surface area contributed by atoms with Gasteiger partial charge in [0.15, 0.2) is 0 Å². The number of carbonyl (C=O) groups excluding carboxylic acids is 2. The quantitative estimate of drug-likeness (QED) is 0.363. The number of ether oxygens (including phenoxy) is 1. The highest BCUT2D eigenvalue weighted by molar-refractivity contribution is 5.85. The molecule has 1 saturated carbocycles. The largest absolute Gasteiger partial charge is 0.507 e. The lowest BCUT2D eigenvalue weighted by molar-refractivity contribution is -0.172. The number of esters is 1. The average Bonchev–Trinajstić information content (AvgIpc) is 2.77. The van der Waals surface area contributed by atoms with Crippen LogP contribution in [0.5, 0.6) is 5.75 Å². The van der Waals surface area contributed by atoms with Gasteiger partial charge in [-0.05, 0) is 36.6 Å². The van der Waals surface area contributed by atoms with Gasteiger partial charge in [-0.2, -0.15) is 13.2 Å². The highest BCUT2D eigenvalue weighted by Gasteiger charge is 2.50. The monoisotopic (exact) mass is 453 g/mol. The number of phenols is 1. The van der Waals surface area contributed by atoms with E-state index in [-0.39, 0.29) is 35.8 Å². The standard InChI is InChI=1S/C23H23F4NO4/c1-32-21(31)22(9-5-2-6-10-22)28-20(23(25,26)27)16-12-19(30)17(11-14(16)13-29)15-7-3-4-8-18(15)24/h3-4,7-8,11-13,20,28,30H,2,5-6,9-10H2,1H3. The predicted molar refractivity (Wildman–Crippen MR) is 109 cm³/mol. The normalized spacial score (nSPS) is 16.9. The fourth-order valence-electron chi connectivity index (χ4n) is 4.24. The molecule has 3 rings (SSSR count). The number of nitrogens with one attached hydrogen (secondary N) is 1. The summed E-state index contributed by atoms with van der Waals surface area (Å²) in [4.78, 5) is 24.2. The van der Waals surface area contributed by atoms with Crippen molar-refractivity contribution in [2.45, 2.75) is 49.9 Å². The van der Waals surface area contributed by atoms with Crippen molar-refractivity contribution in [1.82, 2.24) is 5.32 Å². The summed E-state index contributed by atoms with van der Waals surface area (Å²) in [6.45, 7) is 0. The van der Waals surface area contributed by atoms with Gasteiger partial charge in [0.25, 0.3) is 0 Å². The number of halogens is 4. The van der Waals surface area contributed by atoms with Gasteiger partial charge in [0.1, 0.15) is 29.4 Å². The van der Waals surface area contributed by atoms with Gasteiger partial charge in [0.2, 0.25) is 0 Å². The number of alkyl halides is 3. The second-order valence-corrected chi connectivity index (χ2v) is 7.85. The molecule has 0 bridgehead atoms. The molecule has 1 aliphatic carbocycles. The van der Waals surface area contributed by atoms with Crippen LogP contribution in [0.2, 0.25) is 0 Å². The van der Waals surface area contributed by atoms with Crippen LogP contribution in [-0.2, 0) is 9.53 Å². The Bertz CT molecular complexity index is 1000. The van der Waals surface area contributed by atoms with Crippen molar-refractivity contribution >= 4 is 12.3 Å². The second-order valence-electron chi connectivity index (χ2n) is 7.85. The van der Waals surface area contributed by atoms with Crippen molar-refractivity contribution in [3.05, 3.63) is 53.3 Å². The maximum Gasteiger partial charge on any atom is 0.407 e. The van der Waals surface area contributed by atoms with E-state index < -0.39 is 40.9 Å². The summed E-state index contributed by atoms with van der Waals surface area (Å²) < 4.78 is 61.5. The molecule has 0 spiro atoms. The molecule has 1 aliphatic rings. The summed E-state index contributed by atoms with van der Waals surface area (Å²) in [7, 11) is 1.11. The van der Waals surface area contributed by atoms with Crippen LogP contribution in [0.4, 0.5) is 17.6 Å². The summed E-state index contributed by atoms with van der Waals surface area (Å²) in [5.74, 6) is -2.14. The first-order valence-electron chi connectivity index (χ1n) is 10.1. The summed E-state index contributed by atoms with van der Waals surface area (Å²) in [6.07, 6.45) is -2.57. The molecule has 0 heterocycles. The van der Waals surface area contributed by atoms with Crippen LogP contribution >= 0.6 is 0 Å². The lowest BCUT2D eigenvalue weighted by atomic mass is 9.80. The minimum Gasteiger partial charge on any atom is -0.507 e. The fraction of sp³-hybridized carbons (Fsp3) is 0.391. The first-order chi connectivity index (χ1) is 15.1. The van der Waals surface area contributed by atoms with E-state index in [2.05, 4.69) is 5.32 Å². The number of hydrogen-bond acceptors (Lipinski definition) is 5. The smallest absolute Gasteiger partial charge is 0.407 e. The van der Waals surface area contributed by atoms with Crippen molar-refractivity contribution in [2.24, 2.45) is 0 Å². The van der Waals surface area contributed by atoms with E-state index in [4.69, 9.17) is 4.74 Å². The van der Waals surface area contributed by atoms with E-state index in [0.29, 0.717) is 12.8 Å². The number of aldehydes is 1. The minimum absolute atomic E-state index is 0.0607. The molecule has 1 atom stereocenters. The SMILES string of the molecule is COC(=O)C1(NC(c2cc(O)c(-c3ccccc3F)cc2C=O)C(F)(F)F)CCCCC1. The number of phenolic OH excluding ortho intramolecular Hbond substituents is 1. The molecule has 0 radical (unpaired) electrons. The van der Waals surface area contributed by atoms with Crippen LogP contribution in [0.25, 0.3) is 11.1 Å². The van der Waals surface area contributed by atoms with Gasteiger partial charge in [-0.3, -0.25) is 14.9 Å². The molecule has 32 heavy (non-hydrogen) atoms. The lowest BCUT2D eigenvalue weighted by Crippen LogP contribution is -2.57. The van der Waals surface area contributed by atoms with Crippen molar-refractivity contribution < 1.29 is 37.0 Å². The Hall–Kier alpha value is -2.94. The third-order valence-corrected chi connectivity index (χ3v) is 5.83. The molecular formula is C23H23F4NO4. The molecular weight excluding hydrogens is 430 g/mol. The Labute approximate surface area is 182 Å². The van der Waals surface area contributed by atoms with Crippen LogP contribution in [0.3, 0.4) is 0 Å². The van der Waals surface area contributed by atoms with Gasteiger partial charge in [-0.25, -0.2) is 4.39 Å². The van der Waals surface area contributed by atoms with Gasteiger partial charge in [-0.15, -0.1) is 0 Å². The van der Waals surface area contributed by atoms with Gasteiger partial charge in [0.05, 0.1) is 7.11 Å². The van der Waals surface area contributed by atoms with Crippen LogP contribution in [0.15, 0.2) is 36.4 Å². The molecule has 2 aromatic rings. The maximum atomic E-state index is 14.2. The molecule has 2 N–H and O–H groups in total. The summed E-state index contributed by atoms with van der Waals surface area (Å²) in [5, 5.41) is 12.9. The Morgan fingerprint density at radius 3 is 2.38 bits per heavy atom. The van der Waals surface area contributed by atoms with Gasteiger partial charge in [0, 0.05) is 16.7 Å². The van der Waals surface area contributed by atoms with Crippen LogP contribution in [-0.4, -0.2) is 36.2 Å². The van der Waals surface area contributed by atoms with Gasteiger partial charge < -0.3 is 9.84 Å². The number of aromatic hydroxyl groups is 1. The molecule has 2 aromatic carbocycles. The lowest BCUT2D eigenvalue weighted by Gasteiger charge is -2.39. The van der Waals surface area contributed by atoms with Crippen molar-refractivity contribution in [3.8, 4) is 16.9 Å². The Morgan fingerprint density at radius 2 is 1.81 bits per heavy atom. The zero-order valence-corrected chi connectivity index (χ0v) is 17.3. The van der Waals surface area contributed by atoms with Crippen LogP contribution in [0, 0.1) is 5.82 Å². The molecule has 5 nitrogen and oxygen atoms in total. The van der Waals surface area contributed by atoms with E-state index in [1.54, 1.807) is 0 Å². The zero-order chi connectivity index (χ0) is 23.5. The van der Waals surface area contributed by atoms with E-state index in [1.807, 2.05) is 0 Å². The van der Waals surface area contributed by atoms with E-state index in [0.717, 1.165) is 31.7 Å². The number of benzene rings is 2. The summed E-state index contributed by atoms with van der Waals surface area (Å²) >= 11 is 0. The third-order valence-electron chi connectivity index (χ3n) is 5.83. The Kier molecular flexibility index (Phi) is 6.88. The van der Waals surface area contributed by atoms with Crippen molar-refractivity contribution in [2.75, 3.05) is 7.11 Å². The molecule has 172 valence electrons. The highest BCUT2D eigenvalue weighted by atomic mass is 19.4. The first-order valence-corrected chi connectivity index (χ1v) is 10.1. The third kappa shape index (κ3) is 4.62. The summed E-state index contributed by atoms with van der Waals surface area (Å²) in [5.41, 5.74) is -2.69. The minimum atomic E-state index is -4.90.